The highest BCUT2D eigenvalue weighted by Crippen LogP contribution is 2.25. The standard InChI is InChI=1S/C17H14BrClN2O2/c1-11(22)20-14-6-2-12(3-7-14)4-9-17(23)21-16-8-5-13(18)10-15(16)19/h2-10H,1H3,(H,20,22)(H,21,23). The Bertz CT molecular complexity index is 758. The number of carbonyl (C=O) groups is 2. The zero-order valence-corrected chi connectivity index (χ0v) is 14.6. The van der Waals surface area contributed by atoms with Gasteiger partial charge in [-0.1, -0.05) is 39.7 Å². The van der Waals surface area contributed by atoms with E-state index in [0.29, 0.717) is 16.4 Å². The first-order chi connectivity index (χ1) is 10.9. The summed E-state index contributed by atoms with van der Waals surface area (Å²) in [5.41, 5.74) is 2.10. The molecule has 6 heteroatoms. The van der Waals surface area contributed by atoms with E-state index in [-0.39, 0.29) is 11.8 Å². The monoisotopic (exact) mass is 392 g/mol. The van der Waals surface area contributed by atoms with Crippen molar-refractivity contribution in [1.29, 1.82) is 0 Å². The molecule has 0 aromatic heterocycles. The van der Waals surface area contributed by atoms with Gasteiger partial charge in [-0.3, -0.25) is 9.59 Å². The summed E-state index contributed by atoms with van der Waals surface area (Å²) >= 11 is 9.35. The molecule has 0 saturated carbocycles. The normalized spacial score (nSPS) is 10.6. The summed E-state index contributed by atoms with van der Waals surface area (Å²) in [6.07, 6.45) is 3.10. The minimum atomic E-state index is -0.278. The van der Waals surface area contributed by atoms with Crippen LogP contribution in [0.3, 0.4) is 0 Å². The molecule has 23 heavy (non-hydrogen) atoms. The third-order valence-corrected chi connectivity index (χ3v) is 3.65. The molecular weight excluding hydrogens is 380 g/mol. The molecule has 0 aliphatic rings. The molecule has 2 rings (SSSR count). The van der Waals surface area contributed by atoms with Gasteiger partial charge >= 0.3 is 0 Å². The van der Waals surface area contributed by atoms with E-state index in [4.69, 9.17) is 11.6 Å². The molecule has 0 atom stereocenters. The topological polar surface area (TPSA) is 58.2 Å². The third-order valence-electron chi connectivity index (χ3n) is 2.85. The number of halogens is 2. The van der Waals surface area contributed by atoms with Crippen LogP contribution >= 0.6 is 27.5 Å². The maximum atomic E-state index is 11.9. The lowest BCUT2D eigenvalue weighted by Crippen LogP contribution is -2.08. The summed E-state index contributed by atoms with van der Waals surface area (Å²) in [6.45, 7) is 1.45. The van der Waals surface area contributed by atoms with E-state index in [2.05, 4.69) is 26.6 Å². The molecular formula is C17H14BrClN2O2. The highest BCUT2D eigenvalue weighted by atomic mass is 79.9. The van der Waals surface area contributed by atoms with E-state index < -0.39 is 0 Å². The van der Waals surface area contributed by atoms with Gasteiger partial charge in [0.15, 0.2) is 0 Å². The quantitative estimate of drug-likeness (QED) is 0.739. The molecule has 0 radical (unpaired) electrons. The Morgan fingerprint density at radius 2 is 1.78 bits per heavy atom. The predicted molar refractivity (Wildman–Crippen MR) is 97.6 cm³/mol. The van der Waals surface area contributed by atoms with Crippen molar-refractivity contribution in [3.8, 4) is 0 Å². The van der Waals surface area contributed by atoms with Crippen LogP contribution in [0.4, 0.5) is 11.4 Å². The molecule has 2 amide bonds. The van der Waals surface area contributed by atoms with E-state index >= 15 is 0 Å². The second-order valence-corrected chi connectivity index (χ2v) is 6.07. The Hall–Kier alpha value is -2.11. The number of hydrogen-bond donors (Lipinski definition) is 2. The van der Waals surface area contributed by atoms with Crippen LogP contribution in [0, 0.1) is 0 Å². The van der Waals surface area contributed by atoms with Crippen molar-refractivity contribution in [3.05, 3.63) is 63.6 Å². The highest BCUT2D eigenvalue weighted by Gasteiger charge is 2.03. The van der Waals surface area contributed by atoms with Crippen molar-refractivity contribution in [2.24, 2.45) is 0 Å². The van der Waals surface area contributed by atoms with Crippen LogP contribution < -0.4 is 10.6 Å². The largest absolute Gasteiger partial charge is 0.326 e. The molecule has 0 spiro atoms. The van der Waals surface area contributed by atoms with E-state index in [1.807, 2.05) is 12.1 Å². The van der Waals surface area contributed by atoms with Gasteiger partial charge in [0.05, 0.1) is 10.7 Å². The van der Waals surface area contributed by atoms with E-state index in [0.717, 1.165) is 10.0 Å². The summed E-state index contributed by atoms with van der Waals surface area (Å²) in [5, 5.41) is 5.85. The van der Waals surface area contributed by atoms with Crippen molar-refractivity contribution in [2.45, 2.75) is 6.92 Å². The number of anilines is 2. The first kappa shape index (κ1) is 17.2. The lowest BCUT2D eigenvalue weighted by molar-refractivity contribution is -0.114. The van der Waals surface area contributed by atoms with E-state index in [9.17, 15) is 9.59 Å². The fourth-order valence-corrected chi connectivity index (χ4v) is 2.54. The SMILES string of the molecule is CC(=O)Nc1ccc(C=CC(=O)Nc2ccc(Br)cc2Cl)cc1. The van der Waals surface area contributed by atoms with Crippen LogP contribution in [0.15, 0.2) is 53.0 Å². The number of carbonyl (C=O) groups excluding carboxylic acids is 2. The van der Waals surface area contributed by atoms with Crippen LogP contribution in [-0.2, 0) is 9.59 Å². The Labute approximate surface area is 147 Å². The van der Waals surface area contributed by atoms with Gasteiger partial charge in [-0.15, -0.1) is 0 Å². The molecule has 2 aromatic carbocycles. The second-order valence-electron chi connectivity index (χ2n) is 4.75. The van der Waals surface area contributed by atoms with Crippen LogP contribution in [0.25, 0.3) is 6.08 Å². The number of amides is 2. The van der Waals surface area contributed by atoms with Gasteiger partial charge in [-0.25, -0.2) is 0 Å². The van der Waals surface area contributed by atoms with Gasteiger partial charge in [-0.2, -0.15) is 0 Å². The average Bonchev–Trinajstić information content (AvgIpc) is 2.49. The Morgan fingerprint density at radius 1 is 1.09 bits per heavy atom. The molecule has 0 bridgehead atoms. The summed E-state index contributed by atoms with van der Waals surface area (Å²) in [6, 6.07) is 12.4. The third kappa shape index (κ3) is 5.54. The van der Waals surface area contributed by atoms with Gasteiger partial charge in [0.2, 0.25) is 11.8 Å². The second kappa shape index (κ2) is 7.94. The van der Waals surface area contributed by atoms with Gasteiger partial charge in [0.25, 0.3) is 0 Å². The highest BCUT2D eigenvalue weighted by molar-refractivity contribution is 9.10. The summed E-state index contributed by atoms with van der Waals surface area (Å²) in [7, 11) is 0. The van der Waals surface area contributed by atoms with Crippen molar-refractivity contribution in [2.75, 3.05) is 10.6 Å². The fraction of sp³-hybridized carbons (Fsp3) is 0.0588. The molecule has 0 unspecified atom stereocenters. The lowest BCUT2D eigenvalue weighted by Gasteiger charge is -2.05. The fourth-order valence-electron chi connectivity index (χ4n) is 1.82. The number of nitrogens with one attached hydrogen (secondary N) is 2. The average molecular weight is 394 g/mol. The molecule has 2 aromatic rings. The van der Waals surface area contributed by atoms with Crippen molar-refractivity contribution in [1.82, 2.24) is 0 Å². The Balaban J connectivity index is 1.99. The maximum absolute atomic E-state index is 11.9. The molecule has 118 valence electrons. The van der Waals surface area contributed by atoms with Crippen LogP contribution in [0.2, 0.25) is 5.02 Å². The van der Waals surface area contributed by atoms with Gasteiger partial charge < -0.3 is 10.6 Å². The van der Waals surface area contributed by atoms with Crippen LogP contribution in [0.1, 0.15) is 12.5 Å². The summed E-state index contributed by atoms with van der Waals surface area (Å²) < 4.78 is 0.843. The molecule has 0 aliphatic heterocycles. The van der Waals surface area contributed by atoms with Crippen LogP contribution in [-0.4, -0.2) is 11.8 Å². The zero-order valence-electron chi connectivity index (χ0n) is 12.3. The minimum absolute atomic E-state index is 0.126. The first-order valence-corrected chi connectivity index (χ1v) is 7.93. The van der Waals surface area contributed by atoms with Crippen molar-refractivity contribution in [3.63, 3.8) is 0 Å². The molecule has 0 fully saturated rings. The van der Waals surface area contributed by atoms with Crippen LogP contribution in [0.5, 0.6) is 0 Å². The van der Waals surface area contributed by atoms with Crippen molar-refractivity contribution < 1.29 is 9.59 Å². The van der Waals surface area contributed by atoms with Gasteiger partial charge in [0, 0.05) is 23.2 Å². The number of benzene rings is 2. The van der Waals surface area contributed by atoms with E-state index in [1.54, 1.807) is 36.4 Å². The molecule has 0 saturated heterocycles. The zero-order chi connectivity index (χ0) is 16.8. The summed E-state index contributed by atoms with van der Waals surface area (Å²) in [5.74, 6) is -0.404. The minimum Gasteiger partial charge on any atom is -0.326 e. The molecule has 0 aliphatic carbocycles. The smallest absolute Gasteiger partial charge is 0.248 e. The van der Waals surface area contributed by atoms with Crippen molar-refractivity contribution >= 4 is 56.8 Å². The van der Waals surface area contributed by atoms with Gasteiger partial charge in [0.1, 0.15) is 0 Å². The van der Waals surface area contributed by atoms with E-state index in [1.165, 1.54) is 13.0 Å². The lowest BCUT2D eigenvalue weighted by atomic mass is 10.2. The number of hydrogen-bond acceptors (Lipinski definition) is 2. The molecule has 2 N–H and O–H groups in total. The molecule has 0 heterocycles. The maximum Gasteiger partial charge on any atom is 0.248 e. The van der Waals surface area contributed by atoms with Gasteiger partial charge in [-0.05, 0) is 42.0 Å². The summed E-state index contributed by atoms with van der Waals surface area (Å²) in [4.78, 5) is 22.9. The Morgan fingerprint density at radius 3 is 2.39 bits per heavy atom. The predicted octanol–water partition coefficient (Wildman–Crippen LogP) is 4.71. The molecule has 4 nitrogen and oxygen atoms in total. The first-order valence-electron chi connectivity index (χ1n) is 6.76. The Kier molecular flexibility index (Phi) is 5.96. The number of rotatable bonds is 4.